The van der Waals surface area contributed by atoms with Gasteiger partial charge in [0.05, 0.1) is 11.1 Å². The van der Waals surface area contributed by atoms with Crippen LogP contribution in [0.15, 0.2) is 46.9 Å². The molecule has 4 nitrogen and oxygen atoms in total. The highest BCUT2D eigenvalue weighted by molar-refractivity contribution is 7.71. The van der Waals surface area contributed by atoms with E-state index in [1.165, 1.54) is 5.56 Å². The van der Waals surface area contributed by atoms with Gasteiger partial charge in [0.25, 0.3) is 0 Å². The normalized spacial score (nSPS) is 11.6. The van der Waals surface area contributed by atoms with Crippen molar-refractivity contribution in [3.63, 3.8) is 0 Å². The number of nitrogens with zero attached hydrogens (tertiary/aromatic N) is 3. The highest BCUT2D eigenvalue weighted by Crippen LogP contribution is 2.22. The second-order valence-corrected chi connectivity index (χ2v) is 6.54. The van der Waals surface area contributed by atoms with Crippen LogP contribution in [-0.2, 0) is 0 Å². The molecule has 0 aliphatic carbocycles. The van der Waals surface area contributed by atoms with Gasteiger partial charge in [-0.05, 0) is 40.7 Å². The van der Waals surface area contributed by atoms with Crippen molar-refractivity contribution in [1.29, 1.82) is 0 Å². The molecule has 1 N–H and O–H groups in total. The Balaban J connectivity index is 1.90. The lowest BCUT2D eigenvalue weighted by molar-refractivity contribution is 0.865. The SMILES string of the molecule is CC(C)c1ccc(/C=N/n2c(-c3cccs3)n[nH]c2=S)cc1. The first-order valence-corrected chi connectivity index (χ1v) is 8.29. The largest absolute Gasteiger partial charge is 0.250 e. The Morgan fingerprint density at radius 3 is 2.68 bits per heavy atom. The number of H-pyrrole nitrogens is 1. The Labute approximate surface area is 138 Å². The van der Waals surface area contributed by atoms with Crippen LogP contribution >= 0.6 is 23.6 Å². The van der Waals surface area contributed by atoms with E-state index in [1.54, 1.807) is 22.2 Å². The number of nitrogens with one attached hydrogen (secondary N) is 1. The maximum absolute atomic E-state index is 5.25. The number of benzene rings is 1. The van der Waals surface area contributed by atoms with Crippen LogP contribution in [0.1, 0.15) is 30.9 Å². The lowest BCUT2D eigenvalue weighted by Gasteiger charge is -2.04. The molecule has 3 aromatic rings. The van der Waals surface area contributed by atoms with E-state index in [2.05, 4.69) is 53.4 Å². The highest BCUT2D eigenvalue weighted by atomic mass is 32.1. The second kappa shape index (κ2) is 6.37. The molecule has 0 amide bonds. The minimum atomic E-state index is 0.485. The standard InChI is InChI=1S/C16H16N4S2/c1-11(2)13-7-5-12(6-8-13)10-17-20-15(18-19-16(20)21)14-4-3-9-22-14/h3-11H,1-2H3,(H,19,21)/b17-10+. The molecule has 2 aromatic heterocycles. The van der Waals surface area contributed by atoms with E-state index >= 15 is 0 Å². The first-order valence-electron chi connectivity index (χ1n) is 7.01. The van der Waals surface area contributed by atoms with Crippen molar-refractivity contribution in [2.45, 2.75) is 19.8 Å². The molecule has 0 atom stereocenters. The summed E-state index contributed by atoms with van der Waals surface area (Å²) in [7, 11) is 0. The van der Waals surface area contributed by atoms with Gasteiger partial charge in [-0.1, -0.05) is 44.2 Å². The molecule has 0 unspecified atom stereocenters. The van der Waals surface area contributed by atoms with Crippen LogP contribution in [0, 0.1) is 4.77 Å². The van der Waals surface area contributed by atoms with Crippen molar-refractivity contribution in [3.8, 4) is 10.7 Å². The maximum Gasteiger partial charge on any atom is 0.216 e. The number of thiophene rings is 1. The van der Waals surface area contributed by atoms with Crippen LogP contribution in [0.3, 0.4) is 0 Å². The summed E-state index contributed by atoms with van der Waals surface area (Å²) in [5.74, 6) is 1.26. The van der Waals surface area contributed by atoms with Crippen molar-refractivity contribution in [3.05, 3.63) is 57.7 Å². The van der Waals surface area contributed by atoms with Gasteiger partial charge in [0.2, 0.25) is 4.77 Å². The monoisotopic (exact) mass is 328 g/mol. The Morgan fingerprint density at radius 1 is 1.27 bits per heavy atom. The van der Waals surface area contributed by atoms with Gasteiger partial charge in [-0.25, -0.2) is 5.10 Å². The molecule has 2 heterocycles. The van der Waals surface area contributed by atoms with Crippen LogP contribution in [0.4, 0.5) is 0 Å². The smallest absolute Gasteiger partial charge is 0.216 e. The average Bonchev–Trinajstić information content (AvgIpc) is 3.15. The molecule has 0 bridgehead atoms. The topological polar surface area (TPSA) is 46.0 Å². The van der Waals surface area contributed by atoms with E-state index in [0.717, 1.165) is 16.3 Å². The maximum atomic E-state index is 5.25. The minimum absolute atomic E-state index is 0.485. The van der Waals surface area contributed by atoms with E-state index in [4.69, 9.17) is 12.2 Å². The summed E-state index contributed by atoms with van der Waals surface area (Å²) in [5, 5.41) is 13.5. The fraction of sp³-hybridized carbons (Fsp3) is 0.188. The highest BCUT2D eigenvalue weighted by Gasteiger charge is 2.08. The molecule has 22 heavy (non-hydrogen) atoms. The van der Waals surface area contributed by atoms with Gasteiger partial charge in [0.1, 0.15) is 0 Å². The molecule has 0 radical (unpaired) electrons. The van der Waals surface area contributed by atoms with E-state index in [-0.39, 0.29) is 0 Å². The zero-order chi connectivity index (χ0) is 15.5. The van der Waals surface area contributed by atoms with Crippen molar-refractivity contribution in [2.75, 3.05) is 0 Å². The van der Waals surface area contributed by atoms with Crippen molar-refractivity contribution in [2.24, 2.45) is 5.10 Å². The van der Waals surface area contributed by atoms with E-state index in [9.17, 15) is 0 Å². The molecular weight excluding hydrogens is 312 g/mol. The summed E-state index contributed by atoms with van der Waals surface area (Å²) in [6.07, 6.45) is 1.80. The summed E-state index contributed by atoms with van der Waals surface area (Å²) in [4.78, 5) is 1.03. The van der Waals surface area contributed by atoms with E-state index in [1.807, 2.05) is 17.5 Å². The molecule has 1 aromatic carbocycles. The predicted molar refractivity (Wildman–Crippen MR) is 94.2 cm³/mol. The molecule has 0 aliphatic heterocycles. The average molecular weight is 328 g/mol. The third-order valence-corrected chi connectivity index (χ3v) is 4.45. The van der Waals surface area contributed by atoms with Gasteiger partial charge in [-0.2, -0.15) is 14.9 Å². The Bertz CT molecular complexity index is 824. The molecular formula is C16H16N4S2. The van der Waals surface area contributed by atoms with Crippen LogP contribution in [0.2, 0.25) is 0 Å². The number of aromatic nitrogens is 3. The predicted octanol–water partition coefficient (Wildman–Crippen LogP) is 4.67. The number of rotatable bonds is 4. The lowest BCUT2D eigenvalue weighted by atomic mass is 10.0. The zero-order valence-electron chi connectivity index (χ0n) is 12.4. The summed E-state index contributed by atoms with van der Waals surface area (Å²) < 4.78 is 2.13. The Hall–Kier alpha value is -2.05. The number of aromatic amines is 1. The van der Waals surface area contributed by atoms with Crippen LogP contribution < -0.4 is 0 Å². The Morgan fingerprint density at radius 2 is 2.05 bits per heavy atom. The van der Waals surface area contributed by atoms with Crippen molar-refractivity contribution in [1.82, 2.24) is 14.9 Å². The summed E-state index contributed by atoms with van der Waals surface area (Å²) >= 11 is 6.86. The molecule has 3 rings (SSSR count). The molecule has 0 aliphatic rings. The first kappa shape index (κ1) is 14.9. The second-order valence-electron chi connectivity index (χ2n) is 5.21. The van der Waals surface area contributed by atoms with Gasteiger partial charge < -0.3 is 0 Å². The molecule has 112 valence electrons. The van der Waals surface area contributed by atoms with Gasteiger partial charge in [-0.3, -0.25) is 0 Å². The molecule has 0 saturated heterocycles. The van der Waals surface area contributed by atoms with Gasteiger partial charge >= 0.3 is 0 Å². The minimum Gasteiger partial charge on any atom is -0.250 e. The summed E-state index contributed by atoms with van der Waals surface area (Å²) in [5.41, 5.74) is 2.35. The van der Waals surface area contributed by atoms with Crippen LogP contribution in [0.5, 0.6) is 0 Å². The van der Waals surface area contributed by atoms with E-state index < -0.39 is 0 Å². The Kier molecular flexibility index (Phi) is 4.31. The number of hydrogen-bond acceptors (Lipinski definition) is 4. The molecule has 0 spiro atoms. The molecule has 0 saturated carbocycles. The van der Waals surface area contributed by atoms with Crippen LogP contribution in [0.25, 0.3) is 10.7 Å². The third kappa shape index (κ3) is 3.08. The summed E-state index contributed by atoms with van der Waals surface area (Å²) in [6, 6.07) is 12.4. The fourth-order valence-corrected chi connectivity index (χ4v) is 2.93. The first-order chi connectivity index (χ1) is 10.6. The summed E-state index contributed by atoms with van der Waals surface area (Å²) in [6.45, 7) is 4.36. The van der Waals surface area contributed by atoms with Gasteiger partial charge in [0.15, 0.2) is 5.82 Å². The fourth-order valence-electron chi connectivity index (χ4n) is 2.06. The van der Waals surface area contributed by atoms with Gasteiger partial charge in [0, 0.05) is 0 Å². The number of hydrogen-bond donors (Lipinski definition) is 1. The molecule has 6 heteroatoms. The lowest BCUT2D eigenvalue weighted by Crippen LogP contribution is -1.94. The zero-order valence-corrected chi connectivity index (χ0v) is 14.0. The van der Waals surface area contributed by atoms with E-state index in [0.29, 0.717) is 10.7 Å². The van der Waals surface area contributed by atoms with Gasteiger partial charge in [-0.15, -0.1) is 11.3 Å². The van der Waals surface area contributed by atoms with Crippen LogP contribution in [-0.4, -0.2) is 21.1 Å². The third-order valence-electron chi connectivity index (χ3n) is 3.32. The quantitative estimate of drug-likeness (QED) is 0.558. The van der Waals surface area contributed by atoms with Crippen molar-refractivity contribution >= 4 is 29.8 Å². The molecule has 0 fully saturated rings. The van der Waals surface area contributed by atoms with Crippen molar-refractivity contribution < 1.29 is 0 Å².